The van der Waals surface area contributed by atoms with Crippen LogP contribution in [0.15, 0.2) is 60.7 Å². The summed E-state index contributed by atoms with van der Waals surface area (Å²) in [5.74, 6) is 102. The Kier molecular flexibility index (Phi) is 22.6. The van der Waals surface area contributed by atoms with Crippen LogP contribution in [0, 0.1) is 262 Å². The van der Waals surface area contributed by atoms with Crippen molar-refractivity contribution in [3.8, 4) is 291 Å². The Morgan fingerprint density at radius 3 is 1.12 bits per heavy atom. The van der Waals surface area contributed by atoms with Gasteiger partial charge in [0.1, 0.15) is 47.6 Å². The molecule has 1 atom stereocenters. The van der Waals surface area contributed by atoms with Crippen molar-refractivity contribution in [1.29, 1.82) is 0 Å². The van der Waals surface area contributed by atoms with E-state index in [0.29, 0.717) is 34.3 Å². The van der Waals surface area contributed by atoms with Crippen LogP contribution in [0.5, 0.6) is 28.7 Å². The van der Waals surface area contributed by atoms with Crippen LogP contribution in [0.4, 0.5) is 0 Å². The molecule has 0 saturated carbocycles. The summed E-state index contributed by atoms with van der Waals surface area (Å²) in [7, 11) is 0. The fraction of sp³-hybridized carbons (Fsp3) is 0.0312. The molecule has 3 aromatic rings. The summed E-state index contributed by atoms with van der Waals surface area (Å²) >= 11 is 0. The van der Waals surface area contributed by atoms with Crippen molar-refractivity contribution < 1.29 is 18.9 Å². The van der Waals surface area contributed by atoms with Gasteiger partial charge in [0, 0.05) is 165 Å². The first-order valence-electron chi connectivity index (χ1n) is 18.9. The number of hydrogen-bond donors (Lipinski definition) is 1. The maximum Gasteiger partial charge on any atom is 0.144 e. The summed E-state index contributed by atoms with van der Waals surface area (Å²) in [6, 6.07) is 17.8. The predicted molar refractivity (Wildman–Crippen MR) is 264 cm³/mol. The van der Waals surface area contributed by atoms with Crippen LogP contribution in [0.3, 0.4) is 0 Å². The van der Waals surface area contributed by atoms with E-state index in [1.807, 2.05) is 36.4 Å². The fourth-order valence-corrected chi connectivity index (χ4v) is 4.42. The summed E-state index contributed by atoms with van der Waals surface area (Å²) in [4.78, 5) is 0. The maximum atomic E-state index is 6.52. The Labute approximate surface area is 403 Å². The quantitative estimate of drug-likeness (QED) is 0.386. The number of ether oxygens (including phenoxy) is 4. The average Bonchev–Trinajstić information content (AvgIpc) is 3.36. The van der Waals surface area contributed by atoms with Gasteiger partial charge in [0.2, 0.25) is 0 Å². The molecular formula is C64H17NO4. The monoisotopic (exact) mass is 863 g/mol. The lowest BCUT2D eigenvalue weighted by molar-refractivity contribution is 0.303. The van der Waals surface area contributed by atoms with E-state index in [4.69, 9.17) is 37.5 Å². The van der Waals surface area contributed by atoms with Crippen molar-refractivity contribution in [3.05, 3.63) is 77.4 Å². The molecule has 0 amide bonds. The van der Waals surface area contributed by atoms with E-state index in [1.54, 1.807) is 24.3 Å². The summed E-state index contributed by atoms with van der Waals surface area (Å²) in [6.07, 6.45) is 15.0. The highest BCUT2D eigenvalue weighted by atomic mass is 16.5. The van der Waals surface area contributed by atoms with Crippen LogP contribution < -0.4 is 24.7 Å². The van der Waals surface area contributed by atoms with Crippen molar-refractivity contribution in [2.24, 2.45) is 5.73 Å². The molecule has 2 N–H and O–H groups in total. The van der Waals surface area contributed by atoms with Gasteiger partial charge in [-0.15, -0.1) is 12.8 Å². The highest BCUT2D eigenvalue weighted by Gasteiger charge is 2.24. The Hall–Kier alpha value is -12.9. The minimum Gasteiger partial charge on any atom is -0.489 e. The molecule has 0 spiro atoms. The SMILES string of the molecule is C#CC#CC#CC#CC#CC#CC#CC#CC#CC#CC#COc1cc(COc2ccc3c(c2)Oc2ccccc2C3N)cc(OC#CC#CC#CC#CC#CC#CC#CC#CC#CC#CC#C)c1. The van der Waals surface area contributed by atoms with Crippen LogP contribution in [0.25, 0.3) is 0 Å². The number of para-hydroxylation sites is 1. The number of hydrogen-bond acceptors (Lipinski definition) is 5. The second-order valence-corrected chi connectivity index (χ2v) is 11.4. The first kappa shape index (κ1) is 48.8. The molecule has 0 bridgehead atoms. The fourth-order valence-electron chi connectivity index (χ4n) is 4.42. The third-order valence-electron chi connectivity index (χ3n) is 6.97. The summed E-state index contributed by atoms with van der Waals surface area (Å²) < 4.78 is 23.5. The second kappa shape index (κ2) is 31.9. The van der Waals surface area contributed by atoms with E-state index in [2.05, 4.69) is 249 Å². The van der Waals surface area contributed by atoms with Crippen molar-refractivity contribution in [1.82, 2.24) is 0 Å². The molecule has 302 valence electrons. The molecule has 69 heavy (non-hydrogen) atoms. The van der Waals surface area contributed by atoms with Crippen LogP contribution in [-0.2, 0) is 6.61 Å². The van der Waals surface area contributed by atoms with Gasteiger partial charge in [-0.1, -0.05) is 18.2 Å². The van der Waals surface area contributed by atoms with Gasteiger partial charge in [-0.05, 0) is 131 Å². The molecule has 0 aliphatic carbocycles. The Morgan fingerprint density at radius 2 is 0.725 bits per heavy atom. The molecule has 0 saturated heterocycles. The van der Waals surface area contributed by atoms with Gasteiger partial charge in [-0.3, -0.25) is 0 Å². The van der Waals surface area contributed by atoms with E-state index in [9.17, 15) is 0 Å². The van der Waals surface area contributed by atoms with Gasteiger partial charge < -0.3 is 24.7 Å². The summed E-state index contributed by atoms with van der Waals surface area (Å²) in [5.41, 5.74) is 8.93. The molecule has 0 radical (unpaired) electrons. The van der Waals surface area contributed by atoms with Crippen LogP contribution in [0.2, 0.25) is 0 Å². The van der Waals surface area contributed by atoms with E-state index < -0.39 is 0 Å². The van der Waals surface area contributed by atoms with Crippen LogP contribution >= 0.6 is 0 Å². The highest BCUT2D eigenvalue weighted by Crippen LogP contribution is 2.43. The zero-order valence-electron chi connectivity index (χ0n) is 35.4. The van der Waals surface area contributed by atoms with Gasteiger partial charge in [-0.2, -0.15) is 0 Å². The van der Waals surface area contributed by atoms with Crippen molar-refractivity contribution in [2.75, 3.05) is 0 Å². The van der Waals surface area contributed by atoms with Gasteiger partial charge in [0.05, 0.1) is 6.04 Å². The van der Waals surface area contributed by atoms with Gasteiger partial charge in [0.15, 0.2) is 0 Å². The molecule has 3 aromatic carbocycles. The number of benzene rings is 3. The van der Waals surface area contributed by atoms with E-state index in [0.717, 1.165) is 11.1 Å². The number of nitrogens with two attached hydrogens (primary N) is 1. The molecule has 1 aliphatic rings. The van der Waals surface area contributed by atoms with Crippen molar-refractivity contribution in [2.45, 2.75) is 12.6 Å². The molecule has 1 heterocycles. The molecule has 5 nitrogen and oxygen atoms in total. The zero-order chi connectivity index (χ0) is 48.5. The second-order valence-electron chi connectivity index (χ2n) is 11.4. The first-order chi connectivity index (χ1) is 34.2. The lowest BCUT2D eigenvalue weighted by atomic mass is 9.95. The average molecular weight is 864 g/mol. The van der Waals surface area contributed by atoms with E-state index in [-0.39, 0.29) is 12.6 Å². The number of fused-ring (bicyclic) bond motifs is 2. The zero-order valence-corrected chi connectivity index (χ0v) is 35.4. The Balaban J connectivity index is 1.38. The lowest BCUT2D eigenvalue weighted by Gasteiger charge is -2.25. The smallest absolute Gasteiger partial charge is 0.144 e. The molecule has 0 fully saturated rings. The highest BCUT2D eigenvalue weighted by molar-refractivity contribution is 5.55. The lowest BCUT2D eigenvalue weighted by Crippen LogP contribution is -2.17. The first-order valence-corrected chi connectivity index (χ1v) is 18.9. The van der Waals surface area contributed by atoms with Crippen LogP contribution in [0.1, 0.15) is 22.7 Å². The van der Waals surface area contributed by atoms with Crippen molar-refractivity contribution in [3.63, 3.8) is 0 Å². The normalized spacial score (nSPS) is 8.07. The Bertz CT molecular complexity index is 3840. The number of rotatable bonds is 5. The maximum absolute atomic E-state index is 6.52. The minimum absolute atomic E-state index is 0.118. The summed E-state index contributed by atoms with van der Waals surface area (Å²) in [6.45, 7) is 0.118. The Morgan fingerprint density at radius 1 is 0.377 bits per heavy atom. The van der Waals surface area contributed by atoms with E-state index >= 15 is 0 Å². The van der Waals surface area contributed by atoms with Crippen molar-refractivity contribution >= 4 is 0 Å². The third-order valence-corrected chi connectivity index (χ3v) is 6.97. The van der Waals surface area contributed by atoms with Gasteiger partial charge in [0.25, 0.3) is 0 Å². The third kappa shape index (κ3) is 21.0. The number of terminal acetylenes is 2. The standard InChI is InChI=1S/C64H17NO4/c1-3-5-7-9-11-13-15-17-19-21-23-25-27-29-31-33-35-37-39-43-49-66-58-51-56(55-68-57-47-48-61-63(54-57)69-62-46-42-41-45-60(62)64(61)65)52-59(53-58)67-50-44-40-38-36-34-32-30-28-26-24-22-20-18-16-14-12-10-8-6-4-2/h1-2,41-42,45-48,51-54,64H,55,65H2. The van der Waals surface area contributed by atoms with Crippen LogP contribution in [-0.4, -0.2) is 0 Å². The molecule has 5 heteroatoms. The molecule has 4 rings (SSSR count). The molecular weight excluding hydrogens is 847 g/mol. The molecule has 1 aliphatic heterocycles. The summed E-state index contributed by atoms with van der Waals surface area (Å²) in [5, 5.41) is 0. The minimum atomic E-state index is -0.333. The molecule has 1 unspecified atom stereocenters. The largest absolute Gasteiger partial charge is 0.489 e. The predicted octanol–water partition coefficient (Wildman–Crippen LogP) is 4.43. The van der Waals surface area contributed by atoms with Gasteiger partial charge >= 0.3 is 0 Å². The van der Waals surface area contributed by atoms with E-state index in [1.165, 1.54) is 0 Å². The topological polar surface area (TPSA) is 62.9 Å². The van der Waals surface area contributed by atoms with Gasteiger partial charge in [-0.25, -0.2) is 0 Å². The molecule has 0 aromatic heterocycles.